The lowest BCUT2D eigenvalue weighted by Gasteiger charge is -2.41. The first-order chi connectivity index (χ1) is 14.0. The Balaban J connectivity index is 1.47. The number of piperazine rings is 1. The maximum Gasteiger partial charge on any atom is 0.471 e. The maximum absolute atomic E-state index is 12.6. The normalized spacial score (nSPS) is 21.8. The minimum Gasteiger partial charge on any atom is -0.444 e. The summed E-state index contributed by atoms with van der Waals surface area (Å²) in [5.41, 5.74) is -0.219. The molecule has 30 heavy (non-hydrogen) atoms. The van der Waals surface area contributed by atoms with Crippen LogP contribution in [0.2, 0.25) is 0 Å². The summed E-state index contributed by atoms with van der Waals surface area (Å²) in [7, 11) is 0. The second-order valence-electron chi connectivity index (χ2n) is 8.50. The monoisotopic (exact) mass is 425 g/mol. The van der Waals surface area contributed by atoms with Crippen LogP contribution in [-0.2, 0) is 10.9 Å². The molecule has 2 aromatic heterocycles. The number of anilines is 1. The average Bonchev–Trinajstić information content (AvgIpc) is 3.23. The number of amides is 1. The Morgan fingerprint density at radius 2 is 1.83 bits per heavy atom. The molecule has 0 unspecified atom stereocenters. The molecule has 2 bridgehead atoms. The summed E-state index contributed by atoms with van der Waals surface area (Å²) in [5.74, 6) is -0.855. The highest BCUT2D eigenvalue weighted by molar-refractivity contribution is 5.69. The van der Waals surface area contributed by atoms with Crippen LogP contribution < -0.4 is 4.90 Å². The van der Waals surface area contributed by atoms with Gasteiger partial charge < -0.3 is 19.1 Å². The van der Waals surface area contributed by atoms with Crippen LogP contribution in [0.25, 0.3) is 11.4 Å². The Morgan fingerprint density at radius 3 is 2.33 bits per heavy atom. The van der Waals surface area contributed by atoms with Crippen molar-refractivity contribution in [2.75, 3.05) is 18.0 Å². The number of rotatable bonds is 2. The molecule has 1 amide bonds. The van der Waals surface area contributed by atoms with E-state index in [2.05, 4.69) is 24.5 Å². The first-order valence-electron chi connectivity index (χ1n) is 9.65. The second kappa shape index (κ2) is 7.13. The third kappa shape index (κ3) is 4.05. The molecule has 4 heterocycles. The summed E-state index contributed by atoms with van der Waals surface area (Å²) in [6.45, 7) is 6.58. The van der Waals surface area contributed by atoms with Crippen molar-refractivity contribution in [3.05, 3.63) is 24.2 Å². The molecule has 0 radical (unpaired) electrons. The highest BCUT2D eigenvalue weighted by Crippen LogP contribution is 2.35. The molecule has 2 fully saturated rings. The molecule has 4 rings (SSSR count). The molecule has 0 aliphatic carbocycles. The number of alkyl halides is 3. The molecule has 2 aliphatic rings. The summed E-state index contributed by atoms with van der Waals surface area (Å²) < 4.78 is 47.7. The Morgan fingerprint density at radius 1 is 1.17 bits per heavy atom. The Kier molecular flexibility index (Phi) is 4.86. The standard InChI is InChI=1S/C19H22F3N5O3/c1-18(2,3)29-17(28)26-9-12-5-6-13(10-26)27(12)14-7-4-11(8-23-14)15-24-16(30-25-15)19(20,21)22/h4,7-8,12-13H,5-6,9-10H2,1-3H3/t12-,13+. The van der Waals surface area contributed by atoms with Crippen molar-refractivity contribution in [3.63, 3.8) is 0 Å². The summed E-state index contributed by atoms with van der Waals surface area (Å²) in [4.78, 5) is 24.1. The van der Waals surface area contributed by atoms with Crippen LogP contribution in [0.1, 0.15) is 39.5 Å². The van der Waals surface area contributed by atoms with Gasteiger partial charge in [-0.15, -0.1) is 0 Å². The molecular formula is C19H22F3N5O3. The van der Waals surface area contributed by atoms with E-state index >= 15 is 0 Å². The van der Waals surface area contributed by atoms with Crippen LogP contribution in [0, 0.1) is 0 Å². The fraction of sp³-hybridized carbons (Fsp3) is 0.579. The van der Waals surface area contributed by atoms with Gasteiger partial charge >= 0.3 is 18.2 Å². The van der Waals surface area contributed by atoms with E-state index in [9.17, 15) is 18.0 Å². The van der Waals surface area contributed by atoms with Crippen molar-refractivity contribution in [3.8, 4) is 11.4 Å². The molecule has 2 atom stereocenters. The fourth-order valence-corrected chi connectivity index (χ4v) is 3.88. The van der Waals surface area contributed by atoms with E-state index in [0.717, 1.165) is 12.8 Å². The smallest absolute Gasteiger partial charge is 0.444 e. The van der Waals surface area contributed by atoms with E-state index in [-0.39, 0.29) is 24.0 Å². The van der Waals surface area contributed by atoms with Gasteiger partial charge in [0.1, 0.15) is 11.4 Å². The molecule has 2 saturated heterocycles. The first kappa shape index (κ1) is 20.4. The number of likely N-dealkylation sites (tertiary alicyclic amines) is 1. The van der Waals surface area contributed by atoms with Gasteiger partial charge in [0.25, 0.3) is 0 Å². The minimum absolute atomic E-state index is 0.108. The van der Waals surface area contributed by atoms with Gasteiger partial charge in [0.15, 0.2) is 0 Å². The van der Waals surface area contributed by atoms with Crippen molar-refractivity contribution in [1.29, 1.82) is 0 Å². The lowest BCUT2D eigenvalue weighted by molar-refractivity contribution is -0.159. The van der Waals surface area contributed by atoms with E-state index in [1.165, 1.54) is 6.20 Å². The SMILES string of the molecule is CC(C)(C)OC(=O)N1C[C@H]2CC[C@@H](C1)N2c1ccc(-c2noc(C(F)(F)F)n2)cn1. The number of pyridine rings is 1. The molecule has 0 saturated carbocycles. The zero-order chi connectivity index (χ0) is 21.7. The molecular weight excluding hydrogens is 403 g/mol. The summed E-state index contributed by atoms with van der Waals surface area (Å²) in [6.07, 6.45) is -1.73. The summed E-state index contributed by atoms with van der Waals surface area (Å²) in [6, 6.07) is 3.56. The molecule has 8 nitrogen and oxygen atoms in total. The van der Waals surface area contributed by atoms with Crippen LogP contribution in [0.15, 0.2) is 22.9 Å². The predicted octanol–water partition coefficient (Wildman–Crippen LogP) is 3.74. The van der Waals surface area contributed by atoms with Gasteiger partial charge in [-0.3, -0.25) is 0 Å². The van der Waals surface area contributed by atoms with Gasteiger partial charge in [-0.1, -0.05) is 5.16 Å². The van der Waals surface area contributed by atoms with E-state index in [1.807, 2.05) is 20.8 Å². The summed E-state index contributed by atoms with van der Waals surface area (Å²) in [5, 5.41) is 3.38. The number of carbonyl (C=O) groups excluding carboxylic acids is 1. The van der Waals surface area contributed by atoms with Gasteiger partial charge in [0.2, 0.25) is 5.82 Å². The third-order valence-corrected chi connectivity index (χ3v) is 5.07. The Labute approximate surface area is 171 Å². The molecule has 0 N–H and O–H groups in total. The number of hydrogen-bond acceptors (Lipinski definition) is 7. The number of hydrogen-bond donors (Lipinski definition) is 0. The molecule has 2 aliphatic heterocycles. The van der Waals surface area contributed by atoms with Gasteiger partial charge in [-0.05, 0) is 45.7 Å². The van der Waals surface area contributed by atoms with Crippen LogP contribution in [0.4, 0.5) is 23.8 Å². The number of fused-ring (bicyclic) bond motifs is 2. The fourth-order valence-electron chi connectivity index (χ4n) is 3.88. The van der Waals surface area contributed by atoms with Crippen LogP contribution in [0.3, 0.4) is 0 Å². The van der Waals surface area contributed by atoms with Crippen LogP contribution >= 0.6 is 0 Å². The number of aromatic nitrogens is 3. The van der Waals surface area contributed by atoms with Crippen molar-refractivity contribution >= 4 is 11.9 Å². The zero-order valence-corrected chi connectivity index (χ0v) is 16.8. The van der Waals surface area contributed by atoms with E-state index in [0.29, 0.717) is 24.5 Å². The van der Waals surface area contributed by atoms with Gasteiger partial charge in [-0.25, -0.2) is 9.78 Å². The Hall–Kier alpha value is -2.85. The number of nitrogens with zero attached hydrogens (tertiary/aromatic N) is 5. The first-order valence-corrected chi connectivity index (χ1v) is 9.65. The molecule has 0 spiro atoms. The Bertz CT molecular complexity index is 909. The van der Waals surface area contributed by atoms with Crippen LogP contribution in [-0.4, -0.2) is 56.9 Å². The lowest BCUT2D eigenvalue weighted by Crippen LogP contribution is -2.56. The second-order valence-corrected chi connectivity index (χ2v) is 8.50. The van der Waals surface area contributed by atoms with Crippen LogP contribution in [0.5, 0.6) is 0 Å². The van der Waals surface area contributed by atoms with Crippen molar-refractivity contribution in [2.45, 2.75) is 57.5 Å². The number of carbonyl (C=O) groups is 1. The van der Waals surface area contributed by atoms with E-state index in [1.54, 1.807) is 17.0 Å². The number of halogens is 3. The third-order valence-electron chi connectivity index (χ3n) is 5.07. The largest absolute Gasteiger partial charge is 0.471 e. The van der Waals surface area contributed by atoms with Crippen molar-refractivity contribution in [1.82, 2.24) is 20.0 Å². The number of ether oxygens (including phenoxy) is 1. The zero-order valence-electron chi connectivity index (χ0n) is 16.8. The topological polar surface area (TPSA) is 84.6 Å². The van der Waals surface area contributed by atoms with E-state index < -0.39 is 17.7 Å². The van der Waals surface area contributed by atoms with E-state index in [4.69, 9.17) is 4.74 Å². The van der Waals surface area contributed by atoms with Gasteiger partial charge in [0, 0.05) is 36.9 Å². The highest BCUT2D eigenvalue weighted by atomic mass is 19.4. The molecule has 162 valence electrons. The lowest BCUT2D eigenvalue weighted by atomic mass is 10.1. The van der Waals surface area contributed by atoms with Crippen molar-refractivity contribution in [2.24, 2.45) is 0 Å². The summed E-state index contributed by atoms with van der Waals surface area (Å²) >= 11 is 0. The van der Waals surface area contributed by atoms with Gasteiger partial charge in [0.05, 0.1) is 0 Å². The van der Waals surface area contributed by atoms with Gasteiger partial charge in [-0.2, -0.15) is 18.2 Å². The molecule has 0 aromatic carbocycles. The maximum atomic E-state index is 12.6. The predicted molar refractivity (Wildman–Crippen MR) is 99.6 cm³/mol. The molecule has 2 aromatic rings. The quantitative estimate of drug-likeness (QED) is 0.725. The average molecular weight is 425 g/mol. The van der Waals surface area contributed by atoms with Crippen molar-refractivity contribution < 1.29 is 27.2 Å². The molecule has 11 heteroatoms. The highest BCUT2D eigenvalue weighted by Gasteiger charge is 2.43. The minimum atomic E-state index is -4.69.